The van der Waals surface area contributed by atoms with E-state index in [-0.39, 0.29) is 6.61 Å². The minimum atomic E-state index is -4.70. The van der Waals surface area contributed by atoms with Crippen LogP contribution in [0.25, 0.3) is 0 Å². The quantitative estimate of drug-likeness (QED) is 0.706. The van der Waals surface area contributed by atoms with E-state index in [1.165, 1.54) is 0 Å². The number of nitrogens with one attached hydrogen (secondary N) is 1. The molecule has 0 radical (unpaired) electrons. The Hall–Kier alpha value is -1.65. The molecule has 1 rings (SSSR count). The Balaban J connectivity index is 3.16. The van der Waals surface area contributed by atoms with Crippen molar-refractivity contribution in [2.75, 3.05) is 6.61 Å². The highest BCUT2D eigenvalue weighted by Gasteiger charge is 2.34. The number of alkyl halides is 3. The number of sulfonamides is 1. The number of carbonyl (C=O) groups excluding carboxylic acids is 1. The van der Waals surface area contributed by atoms with Crippen LogP contribution in [0.1, 0.15) is 47.1 Å². The molecule has 0 bridgehead atoms. The van der Waals surface area contributed by atoms with E-state index < -0.39 is 49.9 Å². The molecule has 0 aliphatic carbocycles. The Morgan fingerprint density at radius 3 is 2.11 bits per heavy atom. The summed E-state index contributed by atoms with van der Waals surface area (Å²) in [6.07, 6.45) is -4.70. The van der Waals surface area contributed by atoms with E-state index in [4.69, 9.17) is 9.47 Å². The van der Waals surface area contributed by atoms with Gasteiger partial charge in [-0.15, -0.1) is 0 Å². The van der Waals surface area contributed by atoms with Crippen molar-refractivity contribution in [3.05, 3.63) is 29.8 Å². The van der Waals surface area contributed by atoms with Gasteiger partial charge in [0.1, 0.15) is 11.6 Å². The molecule has 0 spiro atoms. The summed E-state index contributed by atoms with van der Waals surface area (Å²) in [5.41, 5.74) is -2.68. The molecule has 0 saturated carbocycles. The second-order valence-corrected chi connectivity index (χ2v) is 9.87. The largest absolute Gasteiger partial charge is 0.459 e. The lowest BCUT2D eigenvalue weighted by molar-refractivity contribution is -0.159. The zero-order valence-corrected chi connectivity index (χ0v) is 17.5. The molecule has 10 heteroatoms. The van der Waals surface area contributed by atoms with Gasteiger partial charge in [0.2, 0.25) is 10.0 Å². The number of hydrogen-bond donors (Lipinski definition) is 1. The Kier molecular flexibility index (Phi) is 7.30. The predicted molar refractivity (Wildman–Crippen MR) is 97.1 cm³/mol. The van der Waals surface area contributed by atoms with Gasteiger partial charge in [0.25, 0.3) is 0 Å². The first-order valence-corrected chi connectivity index (χ1v) is 9.95. The molecule has 0 aliphatic rings. The van der Waals surface area contributed by atoms with Crippen molar-refractivity contribution in [3.63, 3.8) is 0 Å². The molecule has 1 atom stereocenters. The van der Waals surface area contributed by atoms with E-state index in [0.29, 0.717) is 6.07 Å². The number of esters is 1. The minimum absolute atomic E-state index is 0.351. The highest BCUT2D eigenvalue weighted by molar-refractivity contribution is 7.89. The smallest absolute Gasteiger partial charge is 0.416 e. The molecular formula is C18H26F3NO5S. The van der Waals surface area contributed by atoms with E-state index in [1.807, 2.05) is 0 Å². The summed E-state index contributed by atoms with van der Waals surface area (Å²) in [4.78, 5) is 11.8. The molecule has 1 unspecified atom stereocenters. The van der Waals surface area contributed by atoms with Gasteiger partial charge in [0, 0.05) is 0 Å². The third kappa shape index (κ3) is 8.15. The second-order valence-electron chi connectivity index (χ2n) is 8.16. The van der Waals surface area contributed by atoms with Crippen LogP contribution in [0.4, 0.5) is 13.2 Å². The lowest BCUT2D eigenvalue weighted by Crippen LogP contribution is -2.48. The van der Waals surface area contributed by atoms with Gasteiger partial charge in [-0.1, -0.05) is 6.07 Å². The van der Waals surface area contributed by atoms with E-state index in [9.17, 15) is 26.4 Å². The van der Waals surface area contributed by atoms with Crippen LogP contribution in [0.3, 0.4) is 0 Å². The average molecular weight is 425 g/mol. The molecule has 160 valence electrons. The Morgan fingerprint density at radius 1 is 1.07 bits per heavy atom. The van der Waals surface area contributed by atoms with Crippen molar-refractivity contribution in [2.45, 2.75) is 69.9 Å². The van der Waals surface area contributed by atoms with Crippen LogP contribution >= 0.6 is 0 Å². The summed E-state index contributed by atoms with van der Waals surface area (Å²) in [7, 11) is -4.44. The Labute approximate surface area is 163 Å². The van der Waals surface area contributed by atoms with Crippen molar-refractivity contribution < 1.29 is 35.9 Å². The van der Waals surface area contributed by atoms with Crippen LogP contribution in [-0.4, -0.2) is 38.2 Å². The van der Waals surface area contributed by atoms with Crippen LogP contribution < -0.4 is 4.72 Å². The lowest BCUT2D eigenvalue weighted by atomic mass is 10.2. The first-order chi connectivity index (χ1) is 12.4. The van der Waals surface area contributed by atoms with Gasteiger partial charge in [-0.05, 0) is 59.7 Å². The van der Waals surface area contributed by atoms with Crippen LogP contribution in [0.15, 0.2) is 29.2 Å². The van der Waals surface area contributed by atoms with Crippen LogP contribution in [0.2, 0.25) is 0 Å². The van der Waals surface area contributed by atoms with Crippen molar-refractivity contribution in [3.8, 4) is 0 Å². The third-order valence-electron chi connectivity index (χ3n) is 3.14. The maximum Gasteiger partial charge on any atom is 0.416 e. The summed E-state index contributed by atoms with van der Waals surface area (Å²) in [6, 6.07) is 1.81. The average Bonchev–Trinajstić information content (AvgIpc) is 2.48. The topological polar surface area (TPSA) is 81.7 Å². The molecule has 0 aliphatic heterocycles. The molecule has 1 N–H and O–H groups in total. The number of ether oxygens (including phenoxy) is 2. The maximum atomic E-state index is 12.9. The minimum Gasteiger partial charge on any atom is -0.459 e. The highest BCUT2D eigenvalue weighted by Crippen LogP contribution is 2.30. The second kappa shape index (κ2) is 8.38. The van der Waals surface area contributed by atoms with Crippen molar-refractivity contribution >= 4 is 16.0 Å². The molecule has 1 aromatic carbocycles. The van der Waals surface area contributed by atoms with Gasteiger partial charge in [-0.3, -0.25) is 4.79 Å². The fourth-order valence-electron chi connectivity index (χ4n) is 1.95. The zero-order chi connectivity index (χ0) is 22.0. The van der Waals surface area contributed by atoms with Gasteiger partial charge in [-0.2, -0.15) is 17.9 Å². The molecular weight excluding hydrogens is 399 g/mol. The summed E-state index contributed by atoms with van der Waals surface area (Å²) in [5.74, 6) is -0.896. The SMILES string of the molecule is CC(C)(C)OCC(NS(=O)(=O)c1cccc(C(F)(F)F)c1)C(=O)OC(C)(C)C. The van der Waals surface area contributed by atoms with Gasteiger partial charge in [0.05, 0.1) is 22.7 Å². The lowest BCUT2D eigenvalue weighted by Gasteiger charge is -2.27. The van der Waals surface area contributed by atoms with Gasteiger partial charge in [-0.25, -0.2) is 8.42 Å². The van der Waals surface area contributed by atoms with Gasteiger partial charge < -0.3 is 9.47 Å². The first kappa shape index (κ1) is 24.4. The van der Waals surface area contributed by atoms with Crippen molar-refractivity contribution in [2.24, 2.45) is 0 Å². The molecule has 28 heavy (non-hydrogen) atoms. The number of hydrogen-bond acceptors (Lipinski definition) is 5. The molecule has 1 aromatic rings. The van der Waals surface area contributed by atoms with Gasteiger partial charge in [0.15, 0.2) is 0 Å². The van der Waals surface area contributed by atoms with Crippen LogP contribution in [0, 0.1) is 0 Å². The highest BCUT2D eigenvalue weighted by atomic mass is 32.2. The summed E-state index contributed by atoms with van der Waals surface area (Å²) < 4.78 is 76.5. The number of carbonyl (C=O) groups is 1. The fourth-order valence-corrected chi connectivity index (χ4v) is 3.17. The molecule has 0 saturated heterocycles. The predicted octanol–water partition coefficient (Wildman–Crippen LogP) is 3.51. The summed E-state index contributed by atoms with van der Waals surface area (Å²) >= 11 is 0. The zero-order valence-electron chi connectivity index (χ0n) is 16.7. The monoisotopic (exact) mass is 425 g/mol. The maximum absolute atomic E-state index is 12.9. The molecule has 0 amide bonds. The van der Waals surface area contributed by atoms with Gasteiger partial charge >= 0.3 is 12.1 Å². The number of halogens is 3. The number of rotatable bonds is 6. The van der Waals surface area contributed by atoms with Crippen LogP contribution in [-0.2, 0) is 30.5 Å². The summed E-state index contributed by atoms with van der Waals surface area (Å²) in [6.45, 7) is 9.59. The Bertz CT molecular complexity index is 793. The molecule has 0 aromatic heterocycles. The fraction of sp³-hybridized carbons (Fsp3) is 0.611. The van der Waals surface area contributed by atoms with Crippen molar-refractivity contribution in [1.82, 2.24) is 4.72 Å². The first-order valence-electron chi connectivity index (χ1n) is 8.47. The van der Waals surface area contributed by atoms with E-state index in [1.54, 1.807) is 41.5 Å². The molecule has 6 nitrogen and oxygen atoms in total. The standard InChI is InChI=1S/C18H26F3NO5S/c1-16(2,3)26-11-14(15(23)27-17(4,5)6)22-28(24,25)13-9-7-8-12(10-13)18(19,20)21/h7-10,14,22H,11H2,1-6H3. The Morgan fingerprint density at radius 2 is 1.64 bits per heavy atom. The van der Waals surface area contributed by atoms with Crippen LogP contribution in [0.5, 0.6) is 0 Å². The number of benzene rings is 1. The summed E-state index contributed by atoms with van der Waals surface area (Å²) in [5, 5.41) is 0. The molecule has 0 fully saturated rings. The normalized spacial score (nSPS) is 14.6. The molecule has 0 heterocycles. The van der Waals surface area contributed by atoms with E-state index >= 15 is 0 Å². The third-order valence-corrected chi connectivity index (χ3v) is 4.61. The van der Waals surface area contributed by atoms with E-state index in [0.717, 1.165) is 18.2 Å². The van der Waals surface area contributed by atoms with E-state index in [2.05, 4.69) is 4.72 Å². The van der Waals surface area contributed by atoms with Crippen molar-refractivity contribution in [1.29, 1.82) is 0 Å².